The number of oxime groups is 1. The second-order valence-electron chi connectivity index (χ2n) is 3.92. The third-order valence-corrected chi connectivity index (χ3v) is 3.56. The van der Waals surface area contributed by atoms with E-state index in [1.165, 1.54) is 12.3 Å². The van der Waals surface area contributed by atoms with Gasteiger partial charge in [0.05, 0.1) is 10.7 Å². The van der Waals surface area contributed by atoms with Crippen molar-refractivity contribution in [2.45, 2.75) is 6.61 Å². The van der Waals surface area contributed by atoms with Gasteiger partial charge in [-0.05, 0) is 34.1 Å². The Hall–Kier alpha value is -1.40. The summed E-state index contributed by atoms with van der Waals surface area (Å²) in [7, 11) is 0. The van der Waals surface area contributed by atoms with Gasteiger partial charge in [-0.15, -0.1) is 0 Å². The SMILES string of the molecule is Oc1c(Br)cc(Br)cc1/C=N/OCc1ccccc1F. The highest BCUT2D eigenvalue weighted by Crippen LogP contribution is 2.30. The molecule has 6 heteroatoms. The molecule has 0 radical (unpaired) electrons. The molecule has 0 aliphatic heterocycles. The molecule has 2 aromatic rings. The molecule has 2 aromatic carbocycles. The number of nitrogens with zero attached hydrogens (tertiary/aromatic N) is 1. The average molecular weight is 403 g/mol. The number of phenolic OH excluding ortho intramolecular Hbond substituents is 1. The zero-order valence-electron chi connectivity index (χ0n) is 10.2. The molecule has 104 valence electrons. The molecule has 0 spiro atoms. The summed E-state index contributed by atoms with van der Waals surface area (Å²) in [5, 5.41) is 13.5. The Labute approximate surface area is 132 Å². The van der Waals surface area contributed by atoms with Crippen LogP contribution in [0.1, 0.15) is 11.1 Å². The van der Waals surface area contributed by atoms with E-state index in [2.05, 4.69) is 37.0 Å². The fourth-order valence-electron chi connectivity index (χ4n) is 1.50. The summed E-state index contributed by atoms with van der Waals surface area (Å²) < 4.78 is 14.7. The second-order valence-corrected chi connectivity index (χ2v) is 5.69. The Kier molecular flexibility index (Phi) is 5.14. The topological polar surface area (TPSA) is 41.8 Å². The average Bonchev–Trinajstić information content (AvgIpc) is 2.41. The third kappa shape index (κ3) is 3.80. The number of hydrogen-bond acceptors (Lipinski definition) is 3. The molecule has 1 N–H and O–H groups in total. The molecule has 20 heavy (non-hydrogen) atoms. The van der Waals surface area contributed by atoms with Crippen molar-refractivity contribution in [3.8, 4) is 5.75 Å². The maximum Gasteiger partial charge on any atom is 0.145 e. The molecule has 0 fully saturated rings. The molecular weight excluding hydrogens is 393 g/mol. The van der Waals surface area contributed by atoms with Crippen molar-refractivity contribution in [2.24, 2.45) is 5.16 Å². The molecular formula is C14H10Br2FNO2. The minimum atomic E-state index is -0.337. The molecule has 0 saturated carbocycles. The van der Waals surface area contributed by atoms with Crippen LogP contribution >= 0.6 is 31.9 Å². The summed E-state index contributed by atoms with van der Waals surface area (Å²) >= 11 is 6.53. The first kappa shape index (κ1) is 15.0. The van der Waals surface area contributed by atoms with Crippen LogP contribution in [0.2, 0.25) is 0 Å². The molecule has 0 saturated heterocycles. The van der Waals surface area contributed by atoms with Gasteiger partial charge in [-0.3, -0.25) is 0 Å². The van der Waals surface area contributed by atoms with E-state index in [4.69, 9.17) is 4.84 Å². The predicted molar refractivity (Wildman–Crippen MR) is 82.3 cm³/mol. The van der Waals surface area contributed by atoms with E-state index in [9.17, 15) is 9.50 Å². The van der Waals surface area contributed by atoms with Gasteiger partial charge in [0.2, 0.25) is 0 Å². The monoisotopic (exact) mass is 401 g/mol. The Morgan fingerprint density at radius 1 is 1.25 bits per heavy atom. The van der Waals surface area contributed by atoms with Gasteiger partial charge in [0, 0.05) is 15.6 Å². The molecule has 0 aliphatic rings. The summed E-state index contributed by atoms with van der Waals surface area (Å²) in [6.45, 7) is 0.0269. The van der Waals surface area contributed by atoms with Crippen LogP contribution in [-0.4, -0.2) is 11.3 Å². The van der Waals surface area contributed by atoms with Crippen LogP contribution in [-0.2, 0) is 11.4 Å². The Morgan fingerprint density at radius 3 is 2.75 bits per heavy atom. The van der Waals surface area contributed by atoms with Gasteiger partial charge in [-0.1, -0.05) is 39.3 Å². The fourth-order valence-corrected chi connectivity index (χ4v) is 2.76. The molecule has 2 rings (SSSR count). The van der Waals surface area contributed by atoms with E-state index >= 15 is 0 Å². The van der Waals surface area contributed by atoms with Crippen LogP contribution < -0.4 is 0 Å². The summed E-state index contributed by atoms with van der Waals surface area (Å²) in [6.07, 6.45) is 1.37. The van der Waals surface area contributed by atoms with Crippen LogP contribution in [0.5, 0.6) is 5.75 Å². The van der Waals surface area contributed by atoms with E-state index in [1.54, 1.807) is 30.3 Å². The van der Waals surface area contributed by atoms with Crippen LogP contribution in [0.3, 0.4) is 0 Å². The Bertz CT molecular complexity index is 647. The second kappa shape index (κ2) is 6.85. The molecule has 0 aromatic heterocycles. The number of benzene rings is 2. The van der Waals surface area contributed by atoms with Crippen LogP contribution in [0.15, 0.2) is 50.5 Å². The van der Waals surface area contributed by atoms with Gasteiger partial charge < -0.3 is 9.94 Å². The summed E-state index contributed by atoms with van der Waals surface area (Å²) in [6, 6.07) is 9.72. The summed E-state index contributed by atoms with van der Waals surface area (Å²) in [5.74, 6) is -0.276. The first-order valence-electron chi connectivity index (χ1n) is 5.64. The van der Waals surface area contributed by atoms with Crippen molar-refractivity contribution in [1.29, 1.82) is 0 Å². The lowest BCUT2D eigenvalue weighted by Gasteiger charge is -2.03. The van der Waals surface area contributed by atoms with Crippen molar-refractivity contribution in [2.75, 3.05) is 0 Å². The largest absolute Gasteiger partial charge is 0.506 e. The quantitative estimate of drug-likeness (QED) is 0.599. The molecule has 0 unspecified atom stereocenters. The van der Waals surface area contributed by atoms with E-state index in [-0.39, 0.29) is 18.2 Å². The van der Waals surface area contributed by atoms with Crippen molar-refractivity contribution in [3.05, 3.63) is 62.3 Å². The van der Waals surface area contributed by atoms with E-state index in [0.717, 1.165) is 4.47 Å². The molecule has 0 aliphatic carbocycles. The van der Waals surface area contributed by atoms with Gasteiger partial charge in [-0.2, -0.15) is 0 Å². The van der Waals surface area contributed by atoms with E-state index < -0.39 is 0 Å². The zero-order chi connectivity index (χ0) is 14.5. The fraction of sp³-hybridized carbons (Fsp3) is 0.0714. The van der Waals surface area contributed by atoms with Gasteiger partial charge in [-0.25, -0.2) is 4.39 Å². The molecule has 3 nitrogen and oxygen atoms in total. The highest BCUT2D eigenvalue weighted by molar-refractivity contribution is 9.11. The van der Waals surface area contributed by atoms with Crippen molar-refractivity contribution >= 4 is 38.1 Å². The zero-order valence-corrected chi connectivity index (χ0v) is 13.4. The Balaban J connectivity index is 2.03. The summed E-state index contributed by atoms with van der Waals surface area (Å²) in [4.78, 5) is 5.03. The first-order valence-corrected chi connectivity index (χ1v) is 7.23. The molecule has 0 bridgehead atoms. The predicted octanol–water partition coefficient (Wildman–Crippen LogP) is 4.61. The normalized spacial score (nSPS) is 10.9. The molecule has 0 amide bonds. The standard InChI is InChI=1S/C14H10Br2FNO2/c15-11-5-10(14(19)12(16)6-11)7-18-20-8-9-3-1-2-4-13(9)17/h1-7,19H,8H2/b18-7+. The van der Waals surface area contributed by atoms with Gasteiger partial charge in [0.25, 0.3) is 0 Å². The minimum absolute atomic E-state index is 0.0269. The van der Waals surface area contributed by atoms with Crippen molar-refractivity contribution in [1.82, 2.24) is 0 Å². The third-order valence-electron chi connectivity index (χ3n) is 2.50. The highest BCUT2D eigenvalue weighted by atomic mass is 79.9. The summed E-state index contributed by atoms with van der Waals surface area (Å²) in [5.41, 5.74) is 0.907. The number of aromatic hydroxyl groups is 1. The number of rotatable bonds is 4. The lowest BCUT2D eigenvalue weighted by Crippen LogP contribution is -1.92. The van der Waals surface area contributed by atoms with Crippen molar-refractivity contribution in [3.63, 3.8) is 0 Å². The van der Waals surface area contributed by atoms with Crippen LogP contribution in [0.4, 0.5) is 4.39 Å². The van der Waals surface area contributed by atoms with Gasteiger partial charge >= 0.3 is 0 Å². The number of halogens is 3. The van der Waals surface area contributed by atoms with Crippen molar-refractivity contribution < 1.29 is 14.3 Å². The Morgan fingerprint density at radius 2 is 2.00 bits per heavy atom. The first-order chi connectivity index (χ1) is 9.58. The maximum atomic E-state index is 13.3. The molecule has 0 atom stereocenters. The van der Waals surface area contributed by atoms with E-state index in [1.807, 2.05) is 0 Å². The van der Waals surface area contributed by atoms with Gasteiger partial charge in [0.1, 0.15) is 18.2 Å². The number of phenols is 1. The lowest BCUT2D eigenvalue weighted by atomic mass is 10.2. The smallest absolute Gasteiger partial charge is 0.145 e. The maximum absolute atomic E-state index is 13.3. The highest BCUT2D eigenvalue weighted by Gasteiger charge is 2.05. The molecule has 0 heterocycles. The van der Waals surface area contributed by atoms with Crippen LogP contribution in [0, 0.1) is 5.82 Å². The van der Waals surface area contributed by atoms with Crippen LogP contribution in [0.25, 0.3) is 0 Å². The lowest BCUT2D eigenvalue weighted by molar-refractivity contribution is 0.129. The van der Waals surface area contributed by atoms with E-state index in [0.29, 0.717) is 15.6 Å². The van der Waals surface area contributed by atoms with Gasteiger partial charge in [0.15, 0.2) is 0 Å². The number of hydrogen-bond donors (Lipinski definition) is 1. The minimum Gasteiger partial charge on any atom is -0.506 e.